The molecule has 4 rings (SSSR count). The second-order valence-electron chi connectivity index (χ2n) is 8.58. The predicted octanol–water partition coefficient (Wildman–Crippen LogP) is 6.29. The molecule has 0 aliphatic heterocycles. The molecule has 0 saturated carbocycles. The number of hydrogen-bond donors (Lipinski definition) is 2. The summed E-state index contributed by atoms with van der Waals surface area (Å²) in [7, 11) is 0. The number of nitrogens with one attached hydrogen (secondary N) is 1. The maximum absolute atomic E-state index is 13.2. The fourth-order valence-electron chi connectivity index (χ4n) is 4.31. The van der Waals surface area contributed by atoms with Gasteiger partial charge in [0.15, 0.2) is 5.69 Å². The Bertz CT molecular complexity index is 1480. The summed E-state index contributed by atoms with van der Waals surface area (Å²) in [5.41, 5.74) is 3.15. The van der Waals surface area contributed by atoms with Gasteiger partial charge in [0.05, 0.1) is 5.52 Å². The van der Waals surface area contributed by atoms with Crippen molar-refractivity contribution in [1.29, 1.82) is 0 Å². The Kier molecular flexibility index (Phi) is 8.33. The van der Waals surface area contributed by atoms with Gasteiger partial charge in [-0.2, -0.15) is 0 Å². The largest absolute Gasteiger partial charge is 0.493 e. The SMILES string of the molecule is CCN(CC)c1ccc(/C=C(/NC(=O)c2ccccc2)C(=O)N=Nc2c(O)n(CC)c3ccccc23)cc1. The van der Waals surface area contributed by atoms with Crippen LogP contribution < -0.4 is 10.2 Å². The summed E-state index contributed by atoms with van der Waals surface area (Å²) in [5.74, 6) is -1.25. The third-order valence-electron chi connectivity index (χ3n) is 6.32. The highest BCUT2D eigenvalue weighted by Gasteiger charge is 2.18. The van der Waals surface area contributed by atoms with Crippen LogP contribution in [0.25, 0.3) is 17.0 Å². The number of amides is 2. The van der Waals surface area contributed by atoms with Crippen molar-refractivity contribution in [3.05, 3.63) is 95.7 Å². The first-order valence-corrected chi connectivity index (χ1v) is 12.7. The molecule has 0 saturated heterocycles. The van der Waals surface area contributed by atoms with Gasteiger partial charge in [-0.15, -0.1) is 10.2 Å². The van der Waals surface area contributed by atoms with Crippen molar-refractivity contribution in [2.75, 3.05) is 18.0 Å². The number of azo groups is 1. The lowest BCUT2D eigenvalue weighted by Gasteiger charge is -2.20. The zero-order chi connectivity index (χ0) is 27.1. The molecule has 0 aliphatic rings. The highest BCUT2D eigenvalue weighted by molar-refractivity contribution is 6.05. The van der Waals surface area contributed by atoms with E-state index in [2.05, 4.69) is 34.3 Å². The van der Waals surface area contributed by atoms with Crippen LogP contribution in [0.1, 0.15) is 36.7 Å². The standard InChI is InChI=1S/C30H31N5O3/c1-4-34(5-2)23-18-16-21(17-19-23)20-25(31-28(36)22-12-8-7-9-13-22)29(37)33-32-27-24-14-10-11-15-26(24)35(6-3)30(27)38/h7-20,38H,4-6H2,1-3H3,(H,31,36)/b25-20+,33-32?. The number of aromatic hydroxyl groups is 1. The zero-order valence-electron chi connectivity index (χ0n) is 21.8. The van der Waals surface area contributed by atoms with E-state index in [-0.39, 0.29) is 17.3 Å². The summed E-state index contributed by atoms with van der Waals surface area (Å²) in [6.07, 6.45) is 1.57. The molecule has 3 aromatic carbocycles. The Hall–Kier alpha value is -4.72. The maximum atomic E-state index is 13.2. The molecule has 194 valence electrons. The van der Waals surface area contributed by atoms with Crippen LogP contribution in [0.15, 0.2) is 94.8 Å². The van der Waals surface area contributed by atoms with Gasteiger partial charge < -0.3 is 19.9 Å². The Morgan fingerprint density at radius 1 is 0.921 bits per heavy atom. The first-order valence-electron chi connectivity index (χ1n) is 12.7. The molecule has 1 aromatic heterocycles. The van der Waals surface area contributed by atoms with Crippen LogP contribution >= 0.6 is 0 Å². The van der Waals surface area contributed by atoms with Crippen molar-refractivity contribution >= 4 is 40.2 Å². The minimum absolute atomic E-state index is 0.0306. The van der Waals surface area contributed by atoms with E-state index in [4.69, 9.17) is 0 Å². The monoisotopic (exact) mass is 509 g/mol. The molecule has 0 bridgehead atoms. The van der Waals surface area contributed by atoms with Crippen LogP contribution in [-0.4, -0.2) is 34.6 Å². The lowest BCUT2D eigenvalue weighted by Crippen LogP contribution is -2.26. The third kappa shape index (κ3) is 5.64. The van der Waals surface area contributed by atoms with Gasteiger partial charge in [-0.25, -0.2) is 0 Å². The lowest BCUT2D eigenvalue weighted by molar-refractivity contribution is -0.115. The number of para-hydroxylation sites is 1. The quantitative estimate of drug-likeness (QED) is 0.204. The molecule has 1 heterocycles. The molecule has 0 aliphatic carbocycles. The smallest absolute Gasteiger partial charge is 0.311 e. The number of aromatic nitrogens is 1. The number of carbonyl (C=O) groups excluding carboxylic acids is 2. The zero-order valence-corrected chi connectivity index (χ0v) is 21.8. The van der Waals surface area contributed by atoms with E-state index in [1.54, 1.807) is 34.9 Å². The van der Waals surface area contributed by atoms with Crippen LogP contribution in [0.4, 0.5) is 11.4 Å². The first-order chi connectivity index (χ1) is 18.5. The molecule has 2 N–H and O–H groups in total. The summed E-state index contributed by atoms with van der Waals surface area (Å²) >= 11 is 0. The van der Waals surface area contributed by atoms with Crippen LogP contribution in [-0.2, 0) is 11.3 Å². The average molecular weight is 510 g/mol. The fourth-order valence-corrected chi connectivity index (χ4v) is 4.31. The fraction of sp³-hybridized carbons (Fsp3) is 0.200. The van der Waals surface area contributed by atoms with E-state index >= 15 is 0 Å². The number of hydrogen-bond acceptors (Lipinski definition) is 5. The number of aryl methyl sites for hydroxylation is 1. The Balaban J connectivity index is 1.68. The molecule has 2 amide bonds. The van der Waals surface area contributed by atoms with Gasteiger partial charge in [0, 0.05) is 36.3 Å². The van der Waals surface area contributed by atoms with Crippen molar-refractivity contribution in [2.45, 2.75) is 27.3 Å². The second-order valence-corrected chi connectivity index (χ2v) is 8.58. The highest BCUT2D eigenvalue weighted by Crippen LogP contribution is 2.38. The maximum Gasteiger partial charge on any atom is 0.311 e. The predicted molar refractivity (Wildman–Crippen MR) is 151 cm³/mol. The van der Waals surface area contributed by atoms with Crippen LogP contribution in [0, 0.1) is 0 Å². The minimum Gasteiger partial charge on any atom is -0.493 e. The Morgan fingerprint density at radius 3 is 2.24 bits per heavy atom. The van der Waals surface area contributed by atoms with Gasteiger partial charge in [0.2, 0.25) is 5.88 Å². The van der Waals surface area contributed by atoms with E-state index in [0.29, 0.717) is 17.5 Å². The minimum atomic E-state index is -0.741. The van der Waals surface area contributed by atoms with Crippen LogP contribution in [0.2, 0.25) is 0 Å². The number of anilines is 1. The van der Waals surface area contributed by atoms with Crippen molar-refractivity contribution < 1.29 is 14.7 Å². The summed E-state index contributed by atoms with van der Waals surface area (Å²) < 4.78 is 1.69. The van der Waals surface area contributed by atoms with Crippen LogP contribution in [0.3, 0.4) is 0 Å². The highest BCUT2D eigenvalue weighted by atomic mass is 16.3. The van der Waals surface area contributed by atoms with Crippen molar-refractivity contribution in [2.24, 2.45) is 10.2 Å². The van der Waals surface area contributed by atoms with E-state index in [9.17, 15) is 14.7 Å². The lowest BCUT2D eigenvalue weighted by atomic mass is 10.1. The molecule has 8 nitrogen and oxygen atoms in total. The molecule has 0 radical (unpaired) electrons. The number of nitrogens with zero attached hydrogens (tertiary/aromatic N) is 4. The van der Waals surface area contributed by atoms with Crippen molar-refractivity contribution in [3.63, 3.8) is 0 Å². The van der Waals surface area contributed by atoms with E-state index in [0.717, 1.165) is 29.9 Å². The van der Waals surface area contributed by atoms with Crippen molar-refractivity contribution in [3.8, 4) is 5.88 Å². The van der Waals surface area contributed by atoms with Gasteiger partial charge in [-0.3, -0.25) is 9.59 Å². The number of benzene rings is 3. The molecule has 38 heavy (non-hydrogen) atoms. The van der Waals surface area contributed by atoms with E-state index in [1.807, 2.05) is 61.5 Å². The number of rotatable bonds is 9. The molecule has 0 fully saturated rings. The summed E-state index contributed by atoms with van der Waals surface area (Å²) in [5, 5.41) is 22.1. The topological polar surface area (TPSA) is 99.3 Å². The molecule has 0 spiro atoms. The summed E-state index contributed by atoms with van der Waals surface area (Å²) in [6, 6.07) is 23.7. The van der Waals surface area contributed by atoms with Gasteiger partial charge >= 0.3 is 5.91 Å². The van der Waals surface area contributed by atoms with E-state index < -0.39 is 11.8 Å². The Morgan fingerprint density at radius 2 is 1.58 bits per heavy atom. The molecular formula is C30H31N5O3. The van der Waals surface area contributed by atoms with Gasteiger partial charge in [-0.05, 0) is 62.7 Å². The van der Waals surface area contributed by atoms with Crippen molar-refractivity contribution in [1.82, 2.24) is 9.88 Å². The summed E-state index contributed by atoms with van der Waals surface area (Å²) in [4.78, 5) is 28.3. The molecule has 0 atom stereocenters. The van der Waals surface area contributed by atoms with E-state index in [1.165, 1.54) is 0 Å². The number of fused-ring (bicyclic) bond motifs is 1. The van der Waals surface area contributed by atoms with Gasteiger partial charge in [-0.1, -0.05) is 48.5 Å². The molecule has 8 heteroatoms. The number of carbonyl (C=O) groups is 2. The summed E-state index contributed by atoms with van der Waals surface area (Å²) in [6.45, 7) is 8.37. The van der Waals surface area contributed by atoms with Gasteiger partial charge in [0.1, 0.15) is 5.70 Å². The Labute approximate surface area is 221 Å². The normalized spacial score (nSPS) is 11.7. The van der Waals surface area contributed by atoms with Crippen LogP contribution in [0.5, 0.6) is 5.88 Å². The van der Waals surface area contributed by atoms with Gasteiger partial charge in [0.25, 0.3) is 5.91 Å². The molecule has 4 aromatic rings. The second kappa shape index (κ2) is 12.0. The average Bonchev–Trinajstić information content (AvgIpc) is 3.23. The third-order valence-corrected chi connectivity index (χ3v) is 6.32. The first kappa shape index (κ1) is 26.3. The molecule has 0 unspecified atom stereocenters. The molecular weight excluding hydrogens is 478 g/mol.